The van der Waals surface area contributed by atoms with Crippen molar-refractivity contribution in [3.8, 4) is 0 Å². The zero-order chi connectivity index (χ0) is 21.5. The number of amides is 1. The molecule has 5 nitrogen and oxygen atoms in total. The van der Waals surface area contributed by atoms with Crippen LogP contribution in [0.1, 0.15) is 66.2 Å². The summed E-state index contributed by atoms with van der Waals surface area (Å²) in [6.45, 7) is 11.6. The summed E-state index contributed by atoms with van der Waals surface area (Å²) >= 11 is 0. The van der Waals surface area contributed by atoms with E-state index in [1.807, 2.05) is 6.08 Å². The molecule has 0 aromatic heterocycles. The number of nitrogens with one attached hydrogen (secondary N) is 1. The minimum absolute atomic E-state index is 0.0330. The van der Waals surface area contributed by atoms with E-state index in [9.17, 15) is 4.79 Å². The number of hydrogen-bond donors (Lipinski definition) is 1. The first-order chi connectivity index (χ1) is 14.2. The lowest BCUT2D eigenvalue weighted by Gasteiger charge is -2.39. The second-order valence-electron chi connectivity index (χ2n) is 10.5. The van der Waals surface area contributed by atoms with Gasteiger partial charge in [-0.2, -0.15) is 0 Å². The molecule has 3 saturated heterocycles. The Bertz CT molecular complexity index is 722. The molecule has 1 spiro atoms. The van der Waals surface area contributed by atoms with E-state index in [-0.39, 0.29) is 23.2 Å². The molecule has 1 unspecified atom stereocenters. The fraction of sp³-hybridized carbons (Fsp3) is 0.800. The van der Waals surface area contributed by atoms with Gasteiger partial charge in [0.25, 0.3) is 0 Å². The SMILES string of the molecule is CC(C)=CC[C@H]1O[C@]1(C)[C@H]1[C@H](C)/C(=C\C(=O)NCCC2CCCN2C)CC[C@]12CO2. The Labute approximate surface area is 182 Å². The Hall–Kier alpha value is -1.17. The van der Waals surface area contributed by atoms with Crippen molar-refractivity contribution in [1.29, 1.82) is 0 Å². The second-order valence-corrected chi connectivity index (χ2v) is 10.5. The van der Waals surface area contributed by atoms with Gasteiger partial charge in [-0.25, -0.2) is 0 Å². The number of ether oxygens (including phenoxy) is 2. The molecule has 1 N–H and O–H groups in total. The number of rotatable bonds is 7. The van der Waals surface area contributed by atoms with Crippen LogP contribution in [0.5, 0.6) is 0 Å². The van der Waals surface area contributed by atoms with E-state index in [2.05, 4.69) is 51.0 Å². The van der Waals surface area contributed by atoms with Crippen LogP contribution in [0.15, 0.2) is 23.3 Å². The van der Waals surface area contributed by atoms with Gasteiger partial charge in [0.1, 0.15) is 0 Å². The van der Waals surface area contributed by atoms with Gasteiger partial charge in [0.2, 0.25) is 5.91 Å². The summed E-state index contributed by atoms with van der Waals surface area (Å²) in [7, 11) is 2.19. The van der Waals surface area contributed by atoms with E-state index in [1.54, 1.807) is 0 Å². The Morgan fingerprint density at radius 3 is 2.77 bits per heavy atom. The molecular formula is C25H40N2O3. The zero-order valence-corrected chi connectivity index (χ0v) is 19.5. The van der Waals surface area contributed by atoms with E-state index in [0.717, 1.165) is 38.8 Å². The highest BCUT2D eigenvalue weighted by atomic mass is 16.6. The van der Waals surface area contributed by atoms with Gasteiger partial charge < -0.3 is 19.7 Å². The number of allylic oxidation sites excluding steroid dienone is 2. The molecule has 6 atom stereocenters. The quantitative estimate of drug-likeness (QED) is 0.389. The first-order valence-electron chi connectivity index (χ1n) is 11.9. The number of carbonyl (C=O) groups excluding carboxylic acids is 1. The smallest absolute Gasteiger partial charge is 0.243 e. The van der Waals surface area contributed by atoms with E-state index in [0.29, 0.717) is 17.9 Å². The van der Waals surface area contributed by atoms with Gasteiger partial charge in [-0.15, -0.1) is 0 Å². The molecule has 5 heteroatoms. The average molecular weight is 417 g/mol. The predicted octanol–water partition coefficient (Wildman–Crippen LogP) is 3.84. The highest BCUT2D eigenvalue weighted by Gasteiger charge is 2.69. The van der Waals surface area contributed by atoms with Crippen LogP contribution >= 0.6 is 0 Å². The lowest BCUT2D eigenvalue weighted by molar-refractivity contribution is -0.116. The molecular weight excluding hydrogens is 376 g/mol. The molecule has 0 bridgehead atoms. The molecule has 1 aliphatic carbocycles. The summed E-state index contributed by atoms with van der Waals surface area (Å²) in [6, 6.07) is 0.618. The van der Waals surface area contributed by atoms with Crippen molar-refractivity contribution in [2.75, 3.05) is 26.7 Å². The standard InChI is InChI=1S/C25H40N2O3/c1-17(2)8-9-21-24(4,30-21)23-18(3)19(10-12-25(23)16-29-25)15-22(28)26-13-11-20-7-6-14-27(20)5/h8,15,18,20-21,23H,6-7,9-14,16H2,1-5H3,(H,26,28)/b19-15-/t18-,20?,21-,23-,24+,25+/m1/s1. The van der Waals surface area contributed by atoms with Crippen molar-refractivity contribution in [1.82, 2.24) is 10.2 Å². The van der Waals surface area contributed by atoms with Crippen LogP contribution in [0.3, 0.4) is 0 Å². The number of hydrogen-bond acceptors (Lipinski definition) is 4. The van der Waals surface area contributed by atoms with Crippen LogP contribution in [0.25, 0.3) is 0 Å². The summed E-state index contributed by atoms with van der Waals surface area (Å²) < 4.78 is 12.3. The van der Waals surface area contributed by atoms with Crippen molar-refractivity contribution >= 4 is 5.91 Å². The zero-order valence-electron chi connectivity index (χ0n) is 19.5. The van der Waals surface area contributed by atoms with Crippen molar-refractivity contribution < 1.29 is 14.3 Å². The molecule has 3 aliphatic heterocycles. The topological polar surface area (TPSA) is 57.4 Å². The number of likely N-dealkylation sites (tertiary alicyclic amines) is 1. The third-order valence-corrected chi connectivity index (χ3v) is 8.10. The Balaban J connectivity index is 1.36. The van der Waals surface area contributed by atoms with Crippen LogP contribution in [0, 0.1) is 11.8 Å². The number of nitrogens with zero attached hydrogens (tertiary/aromatic N) is 1. The van der Waals surface area contributed by atoms with Crippen LogP contribution in [0.2, 0.25) is 0 Å². The largest absolute Gasteiger partial charge is 0.369 e. The van der Waals surface area contributed by atoms with Gasteiger partial charge in [0, 0.05) is 24.6 Å². The Morgan fingerprint density at radius 1 is 1.37 bits per heavy atom. The third-order valence-electron chi connectivity index (χ3n) is 8.10. The van der Waals surface area contributed by atoms with Crippen molar-refractivity contribution in [3.63, 3.8) is 0 Å². The number of carbonyl (C=O) groups is 1. The molecule has 30 heavy (non-hydrogen) atoms. The van der Waals surface area contributed by atoms with Crippen molar-refractivity contribution in [2.24, 2.45) is 11.8 Å². The maximum absolute atomic E-state index is 12.6. The van der Waals surface area contributed by atoms with E-state index in [4.69, 9.17) is 9.47 Å². The predicted molar refractivity (Wildman–Crippen MR) is 119 cm³/mol. The van der Waals surface area contributed by atoms with Gasteiger partial charge in [-0.05, 0) is 78.8 Å². The first kappa shape index (κ1) is 22.0. The average Bonchev–Trinajstić information content (AvgIpc) is 3.55. The molecule has 0 aromatic rings. The monoisotopic (exact) mass is 416 g/mol. The van der Waals surface area contributed by atoms with Gasteiger partial charge in [0.15, 0.2) is 0 Å². The highest BCUT2D eigenvalue weighted by molar-refractivity contribution is 5.88. The highest BCUT2D eigenvalue weighted by Crippen LogP contribution is 2.61. The van der Waals surface area contributed by atoms with Crippen molar-refractivity contribution in [2.45, 2.75) is 89.6 Å². The van der Waals surface area contributed by atoms with Crippen LogP contribution in [-0.2, 0) is 14.3 Å². The molecule has 4 rings (SSSR count). The van der Waals surface area contributed by atoms with Gasteiger partial charge in [-0.1, -0.05) is 24.1 Å². The first-order valence-corrected chi connectivity index (χ1v) is 11.9. The molecule has 0 radical (unpaired) electrons. The van der Waals surface area contributed by atoms with Crippen LogP contribution in [-0.4, -0.2) is 60.9 Å². The minimum atomic E-state index is -0.148. The summed E-state index contributed by atoms with van der Waals surface area (Å²) in [5, 5.41) is 3.13. The fourth-order valence-corrected chi connectivity index (χ4v) is 6.14. The molecule has 3 heterocycles. The van der Waals surface area contributed by atoms with E-state index < -0.39 is 0 Å². The maximum atomic E-state index is 12.6. The second kappa shape index (κ2) is 8.40. The molecule has 4 fully saturated rings. The normalized spacial score (nSPS) is 41.8. The Morgan fingerprint density at radius 2 is 2.13 bits per heavy atom. The van der Waals surface area contributed by atoms with Crippen LogP contribution in [0.4, 0.5) is 0 Å². The Kier molecular flexibility index (Phi) is 6.17. The van der Waals surface area contributed by atoms with Gasteiger partial charge in [-0.3, -0.25) is 4.79 Å². The van der Waals surface area contributed by atoms with E-state index in [1.165, 1.54) is 30.5 Å². The van der Waals surface area contributed by atoms with Gasteiger partial charge in [0.05, 0.1) is 23.9 Å². The lowest BCUT2D eigenvalue weighted by Crippen LogP contribution is -2.45. The number of epoxide rings is 2. The summed E-state index contributed by atoms with van der Waals surface area (Å²) in [5.41, 5.74) is 2.41. The van der Waals surface area contributed by atoms with Gasteiger partial charge >= 0.3 is 0 Å². The van der Waals surface area contributed by atoms with Crippen LogP contribution < -0.4 is 5.32 Å². The molecule has 0 aromatic carbocycles. The third kappa shape index (κ3) is 4.39. The maximum Gasteiger partial charge on any atom is 0.243 e. The lowest BCUT2D eigenvalue weighted by atomic mass is 9.64. The minimum Gasteiger partial charge on any atom is -0.369 e. The fourth-order valence-electron chi connectivity index (χ4n) is 6.14. The molecule has 4 aliphatic rings. The summed E-state index contributed by atoms with van der Waals surface area (Å²) in [5.74, 6) is 0.682. The van der Waals surface area contributed by atoms with E-state index >= 15 is 0 Å². The summed E-state index contributed by atoms with van der Waals surface area (Å²) in [6.07, 6.45) is 10.9. The van der Waals surface area contributed by atoms with Crippen molar-refractivity contribution in [3.05, 3.63) is 23.3 Å². The molecule has 1 amide bonds. The molecule has 168 valence electrons. The summed E-state index contributed by atoms with van der Waals surface area (Å²) in [4.78, 5) is 15.0. The molecule has 1 saturated carbocycles.